The summed E-state index contributed by atoms with van der Waals surface area (Å²) in [6, 6.07) is 8.07. The number of ether oxygens (including phenoxy) is 3. The van der Waals surface area contributed by atoms with Crippen molar-refractivity contribution in [3.8, 4) is 0 Å². The van der Waals surface area contributed by atoms with E-state index in [2.05, 4.69) is 5.32 Å². The van der Waals surface area contributed by atoms with Crippen molar-refractivity contribution in [2.75, 3.05) is 80.2 Å². The lowest BCUT2D eigenvalue weighted by Crippen LogP contribution is -2.40. The highest BCUT2D eigenvalue weighted by atomic mass is 31.2. The van der Waals surface area contributed by atoms with Crippen LogP contribution in [0.4, 0.5) is 0 Å². The van der Waals surface area contributed by atoms with Crippen LogP contribution in [0.1, 0.15) is 23.7 Å². The molecule has 2 fully saturated rings. The fourth-order valence-corrected chi connectivity index (χ4v) is 7.15. The average Bonchev–Trinajstić information content (AvgIpc) is 3.55. The van der Waals surface area contributed by atoms with Gasteiger partial charge in [-0.15, -0.1) is 0 Å². The minimum Gasteiger partial charge on any atom is -0.394 e. The molecule has 3 unspecified atom stereocenters. The molecule has 3 rings (SSSR count). The molecule has 2 aliphatic heterocycles. The Hall–Kier alpha value is -1.54. The standard InChI is InChI=1S/C28H46N2O12P2/c1-20-27(24(18-39-43(4,34)36-3)40-28(20)26(33)21-9-7-6-8-10-21)42-44(5,35)41-23-15-22(17-31)30(16-23)25(32)19-38-14-13-37-12-11-29-2/h6-10,20,22-24,27-29,31H,11-19H2,1-5H3/t20-,22-,23?,24-,27+,28-,43?,44?/m0/s1. The van der Waals surface area contributed by atoms with Crippen LogP contribution in [-0.4, -0.2) is 132 Å². The first-order valence-electron chi connectivity index (χ1n) is 14.6. The van der Waals surface area contributed by atoms with Crippen molar-refractivity contribution in [2.45, 2.75) is 43.8 Å². The largest absolute Gasteiger partial charge is 0.394 e. The summed E-state index contributed by atoms with van der Waals surface area (Å²) in [6.45, 7) is 5.50. The van der Waals surface area contributed by atoms with Gasteiger partial charge in [-0.25, -0.2) is 0 Å². The van der Waals surface area contributed by atoms with E-state index in [0.29, 0.717) is 25.3 Å². The average molecular weight is 665 g/mol. The van der Waals surface area contributed by atoms with Crippen LogP contribution in [-0.2, 0) is 46.2 Å². The Morgan fingerprint density at radius 3 is 2.43 bits per heavy atom. The summed E-state index contributed by atoms with van der Waals surface area (Å²) in [7, 11) is -4.14. The Balaban J connectivity index is 1.63. The molecule has 0 saturated carbocycles. The molecule has 14 nitrogen and oxygen atoms in total. The van der Waals surface area contributed by atoms with E-state index in [1.807, 2.05) is 7.05 Å². The first-order valence-corrected chi connectivity index (χ1v) is 18.6. The third kappa shape index (κ3) is 10.8. The van der Waals surface area contributed by atoms with Crippen LogP contribution < -0.4 is 5.32 Å². The summed E-state index contributed by atoms with van der Waals surface area (Å²) in [5.41, 5.74) is 0.440. The number of amides is 1. The molecule has 2 heterocycles. The zero-order valence-electron chi connectivity index (χ0n) is 26.0. The van der Waals surface area contributed by atoms with E-state index in [1.165, 1.54) is 25.3 Å². The number of benzene rings is 1. The first-order chi connectivity index (χ1) is 20.9. The number of aliphatic hydroxyl groups excluding tert-OH is 1. The molecule has 0 bridgehead atoms. The van der Waals surface area contributed by atoms with Crippen molar-refractivity contribution in [3.05, 3.63) is 35.9 Å². The van der Waals surface area contributed by atoms with Gasteiger partial charge in [-0.3, -0.25) is 18.7 Å². The molecule has 1 amide bonds. The second-order valence-corrected chi connectivity index (χ2v) is 15.0. The van der Waals surface area contributed by atoms with Gasteiger partial charge < -0.3 is 47.6 Å². The molecule has 44 heavy (non-hydrogen) atoms. The first kappa shape index (κ1) is 36.9. The molecule has 0 spiro atoms. The predicted molar refractivity (Wildman–Crippen MR) is 161 cm³/mol. The van der Waals surface area contributed by atoms with E-state index in [-0.39, 0.29) is 51.1 Å². The van der Waals surface area contributed by atoms with E-state index in [1.54, 1.807) is 37.3 Å². The third-order valence-electron chi connectivity index (χ3n) is 7.46. The second-order valence-electron chi connectivity index (χ2n) is 10.9. The minimum atomic E-state index is -3.82. The maximum absolute atomic E-state index is 13.7. The molecule has 0 aliphatic carbocycles. The second kappa shape index (κ2) is 17.4. The zero-order chi connectivity index (χ0) is 32.3. The van der Waals surface area contributed by atoms with Gasteiger partial charge in [-0.2, -0.15) is 0 Å². The number of likely N-dealkylation sites (N-methyl/N-ethyl adjacent to an activating group) is 1. The molecule has 16 heteroatoms. The highest BCUT2D eigenvalue weighted by molar-refractivity contribution is 7.53. The van der Waals surface area contributed by atoms with Crippen LogP contribution in [0.15, 0.2) is 30.3 Å². The molecule has 0 aromatic heterocycles. The van der Waals surface area contributed by atoms with E-state index in [9.17, 15) is 23.8 Å². The van der Waals surface area contributed by atoms with Gasteiger partial charge in [0.15, 0.2) is 5.78 Å². The van der Waals surface area contributed by atoms with E-state index >= 15 is 0 Å². The summed E-state index contributed by atoms with van der Waals surface area (Å²) >= 11 is 0. The molecule has 1 aromatic carbocycles. The highest BCUT2D eigenvalue weighted by Gasteiger charge is 2.49. The van der Waals surface area contributed by atoms with Crippen LogP contribution >= 0.6 is 15.2 Å². The Morgan fingerprint density at radius 2 is 1.77 bits per heavy atom. The quantitative estimate of drug-likeness (QED) is 0.126. The number of hydrogen-bond acceptors (Lipinski definition) is 13. The molecule has 2 N–H and O–H groups in total. The summed E-state index contributed by atoms with van der Waals surface area (Å²) in [6.07, 6.45) is -3.22. The molecule has 2 saturated heterocycles. The summed E-state index contributed by atoms with van der Waals surface area (Å²) in [4.78, 5) is 27.5. The van der Waals surface area contributed by atoms with E-state index in [4.69, 9.17) is 32.3 Å². The van der Waals surface area contributed by atoms with Gasteiger partial charge in [0, 0.05) is 45.0 Å². The molecule has 250 valence electrons. The van der Waals surface area contributed by atoms with Crippen LogP contribution in [0.2, 0.25) is 0 Å². The summed E-state index contributed by atoms with van der Waals surface area (Å²) in [5, 5.41) is 12.9. The monoisotopic (exact) mass is 664 g/mol. The van der Waals surface area contributed by atoms with Gasteiger partial charge in [0.25, 0.3) is 0 Å². The summed E-state index contributed by atoms with van der Waals surface area (Å²) < 4.78 is 65.2. The van der Waals surface area contributed by atoms with Gasteiger partial charge in [0.1, 0.15) is 24.9 Å². The van der Waals surface area contributed by atoms with Crippen molar-refractivity contribution < 1.29 is 56.1 Å². The fraction of sp³-hybridized carbons (Fsp3) is 0.714. The van der Waals surface area contributed by atoms with Gasteiger partial charge >= 0.3 is 15.2 Å². The molecule has 2 aliphatic rings. The number of carbonyl (C=O) groups is 2. The molecular formula is C28H46N2O12P2. The third-order valence-corrected chi connectivity index (χ3v) is 10.0. The Labute approximate surface area is 259 Å². The Kier molecular flexibility index (Phi) is 14.6. The van der Waals surface area contributed by atoms with Crippen LogP contribution in [0.5, 0.6) is 0 Å². The minimum absolute atomic E-state index is 0.0819. The van der Waals surface area contributed by atoms with E-state index < -0.39 is 51.6 Å². The van der Waals surface area contributed by atoms with Crippen LogP contribution in [0.25, 0.3) is 0 Å². The normalized spacial score (nSPS) is 28.1. The molecular weight excluding hydrogens is 618 g/mol. The van der Waals surface area contributed by atoms with Crippen LogP contribution in [0, 0.1) is 5.92 Å². The number of carbonyl (C=O) groups excluding carboxylic acids is 2. The number of Topliss-reactive ketones (excluding diaryl/α,β-unsaturated/α-hetero) is 1. The van der Waals surface area contributed by atoms with Gasteiger partial charge in [-0.1, -0.05) is 37.3 Å². The molecule has 1 aromatic rings. The Morgan fingerprint density at radius 1 is 1.07 bits per heavy atom. The lowest BCUT2D eigenvalue weighted by molar-refractivity contribution is -0.138. The number of hydrogen-bond donors (Lipinski definition) is 2. The lowest BCUT2D eigenvalue weighted by Gasteiger charge is -2.27. The maximum atomic E-state index is 13.7. The lowest BCUT2D eigenvalue weighted by atomic mass is 9.93. The van der Waals surface area contributed by atoms with Crippen molar-refractivity contribution >= 4 is 26.9 Å². The van der Waals surface area contributed by atoms with Crippen molar-refractivity contribution in [3.63, 3.8) is 0 Å². The predicted octanol–water partition coefficient (Wildman–Crippen LogP) is 2.20. The zero-order valence-corrected chi connectivity index (χ0v) is 27.8. The molecule has 8 atom stereocenters. The number of likely N-dealkylation sites (tertiary alicyclic amines) is 1. The maximum Gasteiger partial charge on any atom is 0.328 e. The highest BCUT2D eigenvalue weighted by Crippen LogP contribution is 2.52. The van der Waals surface area contributed by atoms with Crippen LogP contribution in [0.3, 0.4) is 0 Å². The van der Waals surface area contributed by atoms with E-state index in [0.717, 1.165) is 0 Å². The number of ketones is 1. The number of nitrogens with zero attached hydrogens (tertiary/aromatic N) is 1. The van der Waals surface area contributed by atoms with Crippen molar-refractivity contribution in [1.29, 1.82) is 0 Å². The van der Waals surface area contributed by atoms with Gasteiger partial charge in [0.05, 0.1) is 45.2 Å². The van der Waals surface area contributed by atoms with Crippen molar-refractivity contribution in [2.24, 2.45) is 5.92 Å². The Bertz CT molecular complexity index is 1160. The number of aliphatic hydroxyl groups is 1. The smallest absolute Gasteiger partial charge is 0.328 e. The molecule has 0 radical (unpaired) electrons. The SMILES string of the molecule is CNCCOCCOCC(=O)N1CC(OP(C)(=O)O[C@@H]2[C@H](C)[C@@H](C(=O)c3ccccc3)O[C@H]2COP(C)(=O)OC)C[C@H]1CO. The fourth-order valence-electron chi connectivity index (χ4n) is 5.11. The number of nitrogens with one attached hydrogen (secondary N) is 1. The van der Waals surface area contributed by atoms with Crippen molar-refractivity contribution in [1.82, 2.24) is 10.2 Å². The van der Waals surface area contributed by atoms with Gasteiger partial charge in [-0.05, 0) is 13.5 Å². The topological polar surface area (TPSA) is 168 Å². The van der Waals surface area contributed by atoms with Gasteiger partial charge in [0.2, 0.25) is 5.91 Å². The summed E-state index contributed by atoms with van der Waals surface area (Å²) in [5.74, 6) is -1.19. The number of rotatable bonds is 19.